The highest BCUT2D eigenvalue weighted by molar-refractivity contribution is 5.96. The molecule has 1 amide bonds. The van der Waals surface area contributed by atoms with Crippen LogP contribution in [0, 0.1) is 13.8 Å². The predicted octanol–water partition coefficient (Wildman–Crippen LogP) is 0.155. The summed E-state index contributed by atoms with van der Waals surface area (Å²) in [6.45, 7) is 5.06. The molecular weight excluding hydrogens is 222 g/mol. The molecule has 0 saturated carbocycles. The summed E-state index contributed by atoms with van der Waals surface area (Å²) in [6.07, 6.45) is 0.724. The fourth-order valence-corrected chi connectivity index (χ4v) is 1.52. The number of aliphatic hydroxyl groups excluding tert-OH is 1. The predicted molar refractivity (Wildman–Crippen MR) is 62.9 cm³/mol. The average Bonchev–Trinajstić information content (AvgIpc) is 2.63. The average molecular weight is 241 g/mol. The minimum atomic E-state index is -0.115. The van der Waals surface area contributed by atoms with Gasteiger partial charge >= 0.3 is 0 Å². The molecule has 17 heavy (non-hydrogen) atoms. The molecule has 0 aliphatic heterocycles. The van der Waals surface area contributed by atoms with E-state index < -0.39 is 0 Å². The van der Waals surface area contributed by atoms with Gasteiger partial charge in [-0.2, -0.15) is 5.10 Å². The van der Waals surface area contributed by atoms with Gasteiger partial charge in [0.05, 0.1) is 24.5 Å². The molecule has 6 nitrogen and oxygen atoms in total. The molecule has 3 N–H and O–H groups in total. The second kappa shape index (κ2) is 7.03. The second-order valence-electron chi connectivity index (χ2n) is 3.75. The third kappa shape index (κ3) is 4.16. The number of aliphatic hydroxyl groups is 1. The summed E-state index contributed by atoms with van der Waals surface area (Å²) in [7, 11) is 0. The molecule has 1 heterocycles. The number of amides is 1. The first-order chi connectivity index (χ1) is 8.16. The van der Waals surface area contributed by atoms with Gasteiger partial charge in [0.1, 0.15) is 0 Å². The van der Waals surface area contributed by atoms with Gasteiger partial charge in [0, 0.05) is 18.8 Å². The fourth-order valence-electron chi connectivity index (χ4n) is 1.52. The van der Waals surface area contributed by atoms with E-state index in [0.29, 0.717) is 31.0 Å². The highest BCUT2D eigenvalue weighted by atomic mass is 16.5. The number of aromatic nitrogens is 2. The minimum Gasteiger partial charge on any atom is -0.394 e. The van der Waals surface area contributed by atoms with Crippen LogP contribution in [-0.4, -0.2) is 47.6 Å². The highest BCUT2D eigenvalue weighted by Gasteiger charge is 2.14. The van der Waals surface area contributed by atoms with Gasteiger partial charge in [0.25, 0.3) is 5.91 Å². The number of carbonyl (C=O) groups excluding carboxylic acids is 1. The Morgan fingerprint density at radius 3 is 2.82 bits per heavy atom. The summed E-state index contributed by atoms with van der Waals surface area (Å²) < 4.78 is 5.08. The van der Waals surface area contributed by atoms with Crippen molar-refractivity contribution in [3.63, 3.8) is 0 Å². The van der Waals surface area contributed by atoms with Crippen molar-refractivity contribution in [1.82, 2.24) is 15.5 Å². The third-order valence-electron chi connectivity index (χ3n) is 2.34. The zero-order chi connectivity index (χ0) is 12.7. The first kappa shape index (κ1) is 13.7. The molecule has 1 aromatic rings. The summed E-state index contributed by atoms with van der Waals surface area (Å²) >= 11 is 0. The maximum Gasteiger partial charge on any atom is 0.255 e. The maximum absolute atomic E-state index is 11.8. The molecule has 0 radical (unpaired) electrons. The van der Waals surface area contributed by atoms with Crippen molar-refractivity contribution in [2.45, 2.75) is 20.3 Å². The van der Waals surface area contributed by atoms with E-state index in [1.807, 2.05) is 6.92 Å². The van der Waals surface area contributed by atoms with E-state index in [0.717, 1.165) is 12.1 Å². The van der Waals surface area contributed by atoms with Crippen LogP contribution in [0.2, 0.25) is 0 Å². The minimum absolute atomic E-state index is 0.0275. The maximum atomic E-state index is 11.8. The normalized spacial score (nSPS) is 10.5. The van der Waals surface area contributed by atoms with Crippen LogP contribution in [0.5, 0.6) is 0 Å². The second-order valence-corrected chi connectivity index (χ2v) is 3.75. The lowest BCUT2D eigenvalue weighted by Gasteiger charge is -2.05. The Kier molecular flexibility index (Phi) is 5.65. The monoisotopic (exact) mass is 241 g/mol. The van der Waals surface area contributed by atoms with Crippen LogP contribution in [0.15, 0.2) is 0 Å². The van der Waals surface area contributed by atoms with Gasteiger partial charge in [-0.05, 0) is 20.3 Å². The Hall–Kier alpha value is -1.40. The lowest BCUT2D eigenvalue weighted by molar-refractivity contribution is 0.0867. The number of hydrogen-bond donors (Lipinski definition) is 3. The summed E-state index contributed by atoms with van der Waals surface area (Å²) in [5, 5.41) is 18.0. The zero-order valence-electron chi connectivity index (χ0n) is 10.2. The van der Waals surface area contributed by atoms with Crippen LogP contribution in [0.3, 0.4) is 0 Å². The van der Waals surface area contributed by atoms with Crippen LogP contribution >= 0.6 is 0 Å². The molecule has 6 heteroatoms. The van der Waals surface area contributed by atoms with Crippen molar-refractivity contribution in [3.8, 4) is 0 Å². The number of aryl methyl sites for hydroxylation is 2. The van der Waals surface area contributed by atoms with Crippen molar-refractivity contribution in [3.05, 3.63) is 17.0 Å². The highest BCUT2D eigenvalue weighted by Crippen LogP contribution is 2.08. The van der Waals surface area contributed by atoms with Crippen LogP contribution in [0.25, 0.3) is 0 Å². The van der Waals surface area contributed by atoms with Gasteiger partial charge in [0.15, 0.2) is 0 Å². The van der Waals surface area contributed by atoms with Gasteiger partial charge in [0.2, 0.25) is 0 Å². The van der Waals surface area contributed by atoms with Crippen molar-refractivity contribution in [2.75, 3.05) is 26.4 Å². The topological polar surface area (TPSA) is 87.2 Å². The summed E-state index contributed by atoms with van der Waals surface area (Å²) in [4.78, 5) is 11.8. The largest absolute Gasteiger partial charge is 0.394 e. The summed E-state index contributed by atoms with van der Waals surface area (Å²) in [5.74, 6) is -0.115. The van der Waals surface area contributed by atoms with Gasteiger partial charge in [-0.15, -0.1) is 0 Å². The number of aromatic amines is 1. The Labute approximate surface area is 100 Å². The molecule has 0 aromatic carbocycles. The van der Waals surface area contributed by atoms with Crippen LogP contribution < -0.4 is 5.32 Å². The summed E-state index contributed by atoms with van der Waals surface area (Å²) in [5.41, 5.74) is 2.09. The Bertz CT molecular complexity index is 343. The summed E-state index contributed by atoms with van der Waals surface area (Å²) in [6, 6.07) is 0. The molecule has 0 spiro atoms. The van der Waals surface area contributed by atoms with Gasteiger partial charge in [-0.25, -0.2) is 0 Å². The van der Waals surface area contributed by atoms with E-state index in [1.165, 1.54) is 0 Å². The number of ether oxygens (including phenoxy) is 1. The van der Waals surface area contributed by atoms with Crippen molar-refractivity contribution in [1.29, 1.82) is 0 Å². The van der Waals surface area contributed by atoms with Gasteiger partial charge in [-0.3, -0.25) is 9.89 Å². The van der Waals surface area contributed by atoms with Crippen LogP contribution in [0.4, 0.5) is 0 Å². The van der Waals surface area contributed by atoms with Crippen LogP contribution in [0.1, 0.15) is 28.2 Å². The van der Waals surface area contributed by atoms with Gasteiger partial charge in [-0.1, -0.05) is 0 Å². The number of nitrogens with zero attached hydrogens (tertiary/aromatic N) is 1. The van der Waals surface area contributed by atoms with Gasteiger partial charge < -0.3 is 15.2 Å². The number of hydrogen-bond acceptors (Lipinski definition) is 4. The first-order valence-corrected chi connectivity index (χ1v) is 5.65. The molecule has 0 bridgehead atoms. The van der Waals surface area contributed by atoms with Crippen LogP contribution in [-0.2, 0) is 4.74 Å². The molecule has 96 valence electrons. The lowest BCUT2D eigenvalue weighted by atomic mass is 10.2. The molecule has 0 aliphatic carbocycles. The molecule has 0 fully saturated rings. The fraction of sp³-hybridized carbons (Fsp3) is 0.636. The molecule has 1 rings (SSSR count). The zero-order valence-corrected chi connectivity index (χ0v) is 10.2. The quantitative estimate of drug-likeness (QED) is 0.593. The molecule has 1 aromatic heterocycles. The number of carbonyl (C=O) groups is 1. The van der Waals surface area contributed by atoms with E-state index in [4.69, 9.17) is 9.84 Å². The van der Waals surface area contributed by atoms with E-state index >= 15 is 0 Å². The van der Waals surface area contributed by atoms with Crippen molar-refractivity contribution in [2.24, 2.45) is 0 Å². The Morgan fingerprint density at radius 1 is 1.47 bits per heavy atom. The van der Waals surface area contributed by atoms with E-state index in [1.54, 1.807) is 6.92 Å². The number of nitrogens with one attached hydrogen (secondary N) is 2. The van der Waals surface area contributed by atoms with E-state index in [-0.39, 0.29) is 12.5 Å². The first-order valence-electron chi connectivity index (χ1n) is 5.65. The number of rotatable bonds is 7. The molecular formula is C11H19N3O3. The molecule has 0 saturated heterocycles. The van der Waals surface area contributed by atoms with Crippen molar-refractivity contribution < 1.29 is 14.6 Å². The SMILES string of the molecule is Cc1n[nH]c(C)c1C(=O)NCCCOCCO. The smallest absolute Gasteiger partial charge is 0.255 e. The Balaban J connectivity index is 2.26. The standard InChI is InChI=1S/C11H19N3O3/c1-8-10(9(2)14-13-8)11(16)12-4-3-6-17-7-5-15/h15H,3-7H2,1-2H3,(H,12,16)(H,13,14). The van der Waals surface area contributed by atoms with E-state index in [9.17, 15) is 4.79 Å². The van der Waals surface area contributed by atoms with E-state index in [2.05, 4.69) is 15.5 Å². The Morgan fingerprint density at radius 2 is 2.24 bits per heavy atom. The van der Waals surface area contributed by atoms with Crippen molar-refractivity contribution >= 4 is 5.91 Å². The molecule has 0 unspecified atom stereocenters. The number of H-pyrrole nitrogens is 1. The molecule has 0 aliphatic rings. The molecule has 0 atom stereocenters. The third-order valence-corrected chi connectivity index (χ3v) is 2.34. The lowest BCUT2D eigenvalue weighted by Crippen LogP contribution is -2.26.